The van der Waals surface area contributed by atoms with Gasteiger partial charge in [-0.25, -0.2) is 8.42 Å². The van der Waals surface area contributed by atoms with E-state index in [2.05, 4.69) is 0 Å². The molecule has 0 radical (unpaired) electrons. The van der Waals surface area contributed by atoms with Gasteiger partial charge in [-0.1, -0.05) is 0 Å². The van der Waals surface area contributed by atoms with Gasteiger partial charge in [-0.05, 0) is 12.8 Å². The summed E-state index contributed by atoms with van der Waals surface area (Å²) in [7, 11) is -1.40. The smallest absolute Gasteiger partial charge is 0.226 e. The Morgan fingerprint density at radius 2 is 1.60 bits per heavy atom. The first-order chi connectivity index (χ1) is 11.7. The Morgan fingerprint density at radius 3 is 2.12 bits per heavy atom. The summed E-state index contributed by atoms with van der Waals surface area (Å²) < 4.78 is 23.2. The highest BCUT2D eigenvalue weighted by Gasteiger charge is 2.51. The fraction of sp³-hybridized carbons (Fsp3) is 0.812. The molecule has 3 amide bonds. The summed E-state index contributed by atoms with van der Waals surface area (Å²) in [5.41, 5.74) is 0. The Hall–Kier alpha value is -1.64. The number of sulfone groups is 1. The minimum atomic E-state index is -3.04. The van der Waals surface area contributed by atoms with E-state index in [4.69, 9.17) is 0 Å². The van der Waals surface area contributed by atoms with Crippen LogP contribution in [-0.2, 0) is 24.2 Å². The maximum Gasteiger partial charge on any atom is 0.226 e. The summed E-state index contributed by atoms with van der Waals surface area (Å²) in [6.45, 7) is 3.60. The normalized spacial score (nSPS) is 30.9. The molecule has 3 aliphatic rings. The molecule has 1 saturated carbocycles. The molecule has 2 saturated heterocycles. The van der Waals surface area contributed by atoms with Crippen LogP contribution in [0.25, 0.3) is 0 Å². The minimum absolute atomic E-state index is 0.0136. The maximum atomic E-state index is 12.6. The zero-order valence-electron chi connectivity index (χ0n) is 14.7. The molecule has 2 aliphatic heterocycles. The number of hydrogen-bond donors (Lipinski definition) is 0. The first-order valence-electron chi connectivity index (χ1n) is 8.71. The van der Waals surface area contributed by atoms with E-state index in [1.54, 1.807) is 16.8 Å². The molecular formula is C16H25N3O5S. The standard InChI is InChI=1S/C16H25N3O5S/c1-11(20)18-4-6-19(7-5-18)16(22)14-9-13(14)15(21)17(2)12-3-8-25(23,24)10-12/h12-14H,3-10H2,1-2H3. The highest BCUT2D eigenvalue weighted by atomic mass is 32.2. The number of rotatable bonds is 3. The summed E-state index contributed by atoms with van der Waals surface area (Å²) in [5, 5.41) is 0. The van der Waals surface area contributed by atoms with Gasteiger partial charge in [-0.3, -0.25) is 14.4 Å². The first-order valence-corrected chi connectivity index (χ1v) is 10.5. The van der Waals surface area contributed by atoms with Crippen molar-refractivity contribution in [3.63, 3.8) is 0 Å². The molecular weight excluding hydrogens is 346 g/mol. The molecule has 0 bridgehead atoms. The van der Waals surface area contributed by atoms with E-state index in [1.807, 2.05) is 0 Å². The van der Waals surface area contributed by atoms with Crippen LogP contribution in [0.5, 0.6) is 0 Å². The Balaban J connectivity index is 1.51. The number of carbonyl (C=O) groups is 3. The second-order valence-electron chi connectivity index (χ2n) is 7.29. The van der Waals surface area contributed by atoms with E-state index < -0.39 is 9.84 Å². The third-order valence-electron chi connectivity index (χ3n) is 5.57. The van der Waals surface area contributed by atoms with Gasteiger partial charge in [0.15, 0.2) is 9.84 Å². The number of piperazine rings is 1. The third kappa shape index (κ3) is 3.80. The monoisotopic (exact) mass is 371 g/mol. The fourth-order valence-corrected chi connectivity index (χ4v) is 5.51. The minimum Gasteiger partial charge on any atom is -0.341 e. The van der Waals surface area contributed by atoms with Crippen molar-refractivity contribution < 1.29 is 22.8 Å². The molecule has 3 unspecified atom stereocenters. The molecule has 1 aliphatic carbocycles. The molecule has 9 heteroatoms. The average molecular weight is 371 g/mol. The molecule has 140 valence electrons. The van der Waals surface area contributed by atoms with Gasteiger partial charge in [0.05, 0.1) is 23.3 Å². The number of carbonyl (C=O) groups excluding carboxylic acids is 3. The van der Waals surface area contributed by atoms with Crippen molar-refractivity contribution in [2.45, 2.75) is 25.8 Å². The molecule has 0 N–H and O–H groups in total. The molecule has 2 heterocycles. The van der Waals surface area contributed by atoms with Crippen molar-refractivity contribution in [3.05, 3.63) is 0 Å². The predicted molar refractivity (Wildman–Crippen MR) is 90.3 cm³/mol. The lowest BCUT2D eigenvalue weighted by Gasteiger charge is -2.34. The molecule has 3 rings (SSSR count). The van der Waals surface area contributed by atoms with Crippen LogP contribution in [0, 0.1) is 11.8 Å². The van der Waals surface area contributed by atoms with Crippen LogP contribution < -0.4 is 0 Å². The lowest BCUT2D eigenvalue weighted by molar-refractivity contribution is -0.141. The van der Waals surface area contributed by atoms with E-state index in [0.717, 1.165) is 0 Å². The molecule has 0 aromatic heterocycles. The van der Waals surface area contributed by atoms with Crippen molar-refractivity contribution in [3.8, 4) is 0 Å². The fourth-order valence-electron chi connectivity index (χ4n) is 3.74. The molecule has 0 spiro atoms. The molecule has 0 aromatic rings. The maximum absolute atomic E-state index is 12.6. The van der Waals surface area contributed by atoms with Crippen LogP contribution in [0.2, 0.25) is 0 Å². The summed E-state index contributed by atoms with van der Waals surface area (Å²) in [6.07, 6.45) is 1.01. The summed E-state index contributed by atoms with van der Waals surface area (Å²) >= 11 is 0. The number of amides is 3. The van der Waals surface area contributed by atoms with Crippen LogP contribution in [0.3, 0.4) is 0 Å². The van der Waals surface area contributed by atoms with E-state index in [-0.39, 0.29) is 47.1 Å². The average Bonchev–Trinajstić information content (AvgIpc) is 3.29. The molecule has 3 fully saturated rings. The molecule has 3 atom stereocenters. The van der Waals surface area contributed by atoms with Gasteiger partial charge in [-0.15, -0.1) is 0 Å². The second kappa shape index (κ2) is 6.59. The Morgan fingerprint density at radius 1 is 1.00 bits per heavy atom. The van der Waals surface area contributed by atoms with E-state index in [0.29, 0.717) is 39.0 Å². The van der Waals surface area contributed by atoms with Crippen LogP contribution in [-0.4, -0.2) is 91.6 Å². The van der Waals surface area contributed by atoms with Gasteiger partial charge in [0.2, 0.25) is 17.7 Å². The largest absolute Gasteiger partial charge is 0.341 e. The van der Waals surface area contributed by atoms with Gasteiger partial charge in [0.25, 0.3) is 0 Å². The molecule has 8 nitrogen and oxygen atoms in total. The Labute approximate surface area is 148 Å². The van der Waals surface area contributed by atoms with Crippen molar-refractivity contribution in [2.24, 2.45) is 11.8 Å². The van der Waals surface area contributed by atoms with Crippen LogP contribution in [0.1, 0.15) is 19.8 Å². The van der Waals surface area contributed by atoms with Crippen molar-refractivity contribution >= 4 is 27.6 Å². The third-order valence-corrected chi connectivity index (χ3v) is 7.32. The van der Waals surface area contributed by atoms with E-state index in [1.165, 1.54) is 11.8 Å². The zero-order chi connectivity index (χ0) is 18.4. The SMILES string of the molecule is CC(=O)N1CCN(C(=O)C2CC2C(=O)N(C)C2CCS(=O)(=O)C2)CC1. The van der Waals surface area contributed by atoms with Gasteiger partial charge >= 0.3 is 0 Å². The van der Waals surface area contributed by atoms with Gasteiger partial charge in [0.1, 0.15) is 0 Å². The highest BCUT2D eigenvalue weighted by Crippen LogP contribution is 2.42. The van der Waals surface area contributed by atoms with Gasteiger partial charge in [0, 0.05) is 46.2 Å². The zero-order valence-corrected chi connectivity index (χ0v) is 15.5. The second-order valence-corrected chi connectivity index (χ2v) is 9.51. The number of hydrogen-bond acceptors (Lipinski definition) is 5. The Bertz CT molecular complexity index is 684. The van der Waals surface area contributed by atoms with Crippen molar-refractivity contribution in [1.82, 2.24) is 14.7 Å². The topological polar surface area (TPSA) is 95.1 Å². The summed E-state index contributed by atoms with van der Waals surface area (Å²) in [5.74, 6) is -0.601. The van der Waals surface area contributed by atoms with Gasteiger partial charge in [-0.2, -0.15) is 0 Å². The highest BCUT2D eigenvalue weighted by molar-refractivity contribution is 7.91. The lowest BCUT2D eigenvalue weighted by Crippen LogP contribution is -2.50. The first kappa shape index (κ1) is 18.2. The van der Waals surface area contributed by atoms with Gasteiger partial charge < -0.3 is 14.7 Å². The lowest BCUT2D eigenvalue weighted by atomic mass is 10.2. The van der Waals surface area contributed by atoms with Crippen molar-refractivity contribution in [2.75, 3.05) is 44.7 Å². The Kier molecular flexibility index (Phi) is 4.78. The molecule has 25 heavy (non-hydrogen) atoms. The predicted octanol–water partition coefficient (Wildman–Crippen LogP) is -1.04. The van der Waals surface area contributed by atoms with Crippen LogP contribution in [0.15, 0.2) is 0 Å². The van der Waals surface area contributed by atoms with Crippen LogP contribution >= 0.6 is 0 Å². The number of nitrogens with zero attached hydrogens (tertiary/aromatic N) is 3. The van der Waals surface area contributed by atoms with E-state index >= 15 is 0 Å². The van der Waals surface area contributed by atoms with E-state index in [9.17, 15) is 22.8 Å². The molecule has 0 aromatic carbocycles. The summed E-state index contributed by atoms with van der Waals surface area (Å²) in [4.78, 5) is 41.4. The van der Waals surface area contributed by atoms with Crippen molar-refractivity contribution in [1.29, 1.82) is 0 Å². The van der Waals surface area contributed by atoms with Crippen LogP contribution in [0.4, 0.5) is 0 Å². The summed E-state index contributed by atoms with van der Waals surface area (Å²) in [6, 6.07) is -0.270. The quantitative estimate of drug-likeness (QED) is 0.631.